The van der Waals surface area contributed by atoms with Gasteiger partial charge in [-0.1, -0.05) is 13.3 Å². The molecule has 1 atom stereocenters. The quantitative estimate of drug-likeness (QED) is 0.719. The Morgan fingerprint density at radius 2 is 1.94 bits per heavy atom. The summed E-state index contributed by atoms with van der Waals surface area (Å²) in [5.41, 5.74) is 0. The Kier molecular flexibility index (Phi) is 5.93. The van der Waals surface area contributed by atoms with Crippen LogP contribution in [0.5, 0.6) is 0 Å². The predicted octanol–water partition coefficient (Wildman–Crippen LogP) is 2.27. The van der Waals surface area contributed by atoms with E-state index in [0.29, 0.717) is 0 Å². The van der Waals surface area contributed by atoms with E-state index in [-0.39, 0.29) is 0 Å². The molecule has 3 nitrogen and oxygen atoms in total. The third-order valence-electron chi connectivity index (χ3n) is 4.35. The second-order valence-corrected chi connectivity index (χ2v) is 6.12. The third-order valence-corrected chi connectivity index (χ3v) is 4.35. The van der Waals surface area contributed by atoms with Crippen LogP contribution in [0.25, 0.3) is 0 Å². The van der Waals surface area contributed by atoms with Gasteiger partial charge >= 0.3 is 0 Å². The Balaban J connectivity index is 1.71. The maximum atomic E-state index is 5.45. The lowest BCUT2D eigenvalue weighted by molar-refractivity contribution is 0.0495. The van der Waals surface area contributed by atoms with Gasteiger partial charge in [0.1, 0.15) is 0 Å². The van der Waals surface area contributed by atoms with Crippen LogP contribution in [-0.4, -0.2) is 50.3 Å². The van der Waals surface area contributed by atoms with Gasteiger partial charge in [0, 0.05) is 38.4 Å². The van der Waals surface area contributed by atoms with Crippen LogP contribution < -0.4 is 5.32 Å². The molecule has 18 heavy (non-hydrogen) atoms. The maximum Gasteiger partial charge on any atom is 0.0469 e. The Hall–Kier alpha value is -0.120. The molecule has 2 aliphatic rings. The average Bonchev–Trinajstić information content (AvgIpc) is 3.19. The Morgan fingerprint density at radius 1 is 1.22 bits per heavy atom. The third kappa shape index (κ3) is 4.87. The van der Waals surface area contributed by atoms with Gasteiger partial charge in [-0.25, -0.2) is 0 Å². The highest BCUT2D eigenvalue weighted by Crippen LogP contribution is 2.20. The number of hydrogen-bond acceptors (Lipinski definition) is 3. The van der Waals surface area contributed by atoms with Gasteiger partial charge in [-0.2, -0.15) is 0 Å². The monoisotopic (exact) mass is 254 g/mol. The lowest BCUT2D eigenvalue weighted by Crippen LogP contribution is -2.43. The highest BCUT2D eigenvalue weighted by Gasteiger charge is 2.24. The number of likely N-dealkylation sites (N-methyl/N-ethyl adjacent to an activating group) is 1. The van der Waals surface area contributed by atoms with Gasteiger partial charge in [-0.3, -0.25) is 0 Å². The topological polar surface area (TPSA) is 24.5 Å². The van der Waals surface area contributed by atoms with Crippen molar-refractivity contribution in [3.63, 3.8) is 0 Å². The summed E-state index contributed by atoms with van der Waals surface area (Å²) in [5.74, 6) is 0.851. The molecule has 2 fully saturated rings. The molecule has 0 bridgehead atoms. The summed E-state index contributed by atoms with van der Waals surface area (Å²) in [5, 5.41) is 3.69. The van der Waals surface area contributed by atoms with Crippen LogP contribution >= 0.6 is 0 Å². The molecule has 0 aromatic rings. The highest BCUT2D eigenvalue weighted by molar-refractivity contribution is 4.84. The summed E-state index contributed by atoms with van der Waals surface area (Å²) >= 11 is 0. The van der Waals surface area contributed by atoms with Crippen molar-refractivity contribution in [2.75, 3.05) is 33.4 Å². The van der Waals surface area contributed by atoms with Gasteiger partial charge < -0.3 is 15.0 Å². The van der Waals surface area contributed by atoms with Gasteiger partial charge in [0.25, 0.3) is 0 Å². The smallest absolute Gasteiger partial charge is 0.0469 e. The van der Waals surface area contributed by atoms with Crippen molar-refractivity contribution >= 4 is 0 Å². The second-order valence-electron chi connectivity index (χ2n) is 6.12. The van der Waals surface area contributed by atoms with Crippen molar-refractivity contribution in [2.24, 2.45) is 5.92 Å². The van der Waals surface area contributed by atoms with Crippen molar-refractivity contribution in [2.45, 2.75) is 57.5 Å². The molecule has 0 amide bonds. The summed E-state index contributed by atoms with van der Waals surface area (Å²) in [6, 6.07) is 1.55. The first-order valence-electron chi connectivity index (χ1n) is 7.81. The molecule has 1 aliphatic carbocycles. The molecule has 3 heteroatoms. The maximum absolute atomic E-state index is 5.45. The van der Waals surface area contributed by atoms with E-state index < -0.39 is 0 Å². The van der Waals surface area contributed by atoms with Crippen LogP contribution in [0.3, 0.4) is 0 Å². The summed E-state index contributed by atoms with van der Waals surface area (Å²) in [4.78, 5) is 2.59. The van der Waals surface area contributed by atoms with E-state index in [1.54, 1.807) is 0 Å². The largest absolute Gasteiger partial charge is 0.381 e. The molecule has 0 spiro atoms. The minimum absolute atomic E-state index is 0.721. The molecule has 1 saturated carbocycles. The van der Waals surface area contributed by atoms with Gasteiger partial charge in [-0.15, -0.1) is 0 Å². The fourth-order valence-corrected chi connectivity index (χ4v) is 2.89. The van der Waals surface area contributed by atoms with E-state index in [9.17, 15) is 0 Å². The minimum atomic E-state index is 0.721. The van der Waals surface area contributed by atoms with Crippen LogP contribution in [-0.2, 0) is 4.74 Å². The average molecular weight is 254 g/mol. The van der Waals surface area contributed by atoms with Gasteiger partial charge in [0.15, 0.2) is 0 Å². The van der Waals surface area contributed by atoms with Crippen molar-refractivity contribution < 1.29 is 4.74 Å². The first-order valence-corrected chi connectivity index (χ1v) is 7.81. The zero-order chi connectivity index (χ0) is 12.8. The predicted molar refractivity (Wildman–Crippen MR) is 75.9 cm³/mol. The summed E-state index contributed by atoms with van der Waals surface area (Å²) in [6.45, 7) is 6.67. The first kappa shape index (κ1) is 14.3. The van der Waals surface area contributed by atoms with Crippen molar-refractivity contribution in [1.82, 2.24) is 10.2 Å². The molecular weight excluding hydrogens is 224 g/mol. The molecule has 1 aliphatic heterocycles. The van der Waals surface area contributed by atoms with E-state index >= 15 is 0 Å². The molecule has 106 valence electrons. The zero-order valence-electron chi connectivity index (χ0n) is 12.2. The fourth-order valence-electron chi connectivity index (χ4n) is 2.89. The van der Waals surface area contributed by atoms with Crippen LogP contribution in [0.1, 0.15) is 45.4 Å². The van der Waals surface area contributed by atoms with E-state index in [4.69, 9.17) is 4.74 Å². The Morgan fingerprint density at radius 3 is 2.56 bits per heavy atom. The van der Waals surface area contributed by atoms with Crippen LogP contribution in [0.15, 0.2) is 0 Å². The van der Waals surface area contributed by atoms with Gasteiger partial charge in [-0.05, 0) is 45.1 Å². The van der Waals surface area contributed by atoms with Crippen molar-refractivity contribution in [1.29, 1.82) is 0 Å². The number of hydrogen-bond donors (Lipinski definition) is 1. The molecular formula is C15H30N2O. The van der Waals surface area contributed by atoms with E-state index in [2.05, 4.69) is 24.2 Å². The standard InChI is InChI=1S/C15H30N2O/c1-3-4-15(11-16-14-5-6-14)17(2)12-13-7-9-18-10-8-13/h13-16H,3-12H2,1-2H3. The van der Waals surface area contributed by atoms with Crippen LogP contribution in [0, 0.1) is 5.92 Å². The summed E-state index contributed by atoms with van der Waals surface area (Å²) < 4.78 is 5.45. The van der Waals surface area contributed by atoms with Crippen LogP contribution in [0.4, 0.5) is 0 Å². The lowest BCUT2D eigenvalue weighted by atomic mass is 9.98. The number of ether oxygens (including phenoxy) is 1. The number of rotatable bonds is 8. The lowest BCUT2D eigenvalue weighted by Gasteiger charge is -2.33. The zero-order valence-corrected chi connectivity index (χ0v) is 12.2. The molecule has 1 saturated heterocycles. The summed E-state index contributed by atoms with van der Waals surface area (Å²) in [7, 11) is 2.31. The van der Waals surface area contributed by atoms with Crippen molar-refractivity contribution in [3.05, 3.63) is 0 Å². The molecule has 1 unspecified atom stereocenters. The normalized spacial score (nSPS) is 23.5. The SMILES string of the molecule is CCCC(CNC1CC1)N(C)CC1CCOCC1. The van der Waals surface area contributed by atoms with Crippen LogP contribution in [0.2, 0.25) is 0 Å². The fraction of sp³-hybridized carbons (Fsp3) is 1.00. The highest BCUT2D eigenvalue weighted by atomic mass is 16.5. The van der Waals surface area contributed by atoms with Gasteiger partial charge in [0.2, 0.25) is 0 Å². The number of nitrogens with zero attached hydrogens (tertiary/aromatic N) is 1. The summed E-state index contributed by atoms with van der Waals surface area (Å²) in [6.07, 6.45) is 7.89. The molecule has 0 aromatic heterocycles. The number of nitrogens with one attached hydrogen (secondary N) is 1. The molecule has 0 radical (unpaired) electrons. The minimum Gasteiger partial charge on any atom is -0.381 e. The Bertz CT molecular complexity index is 225. The van der Waals surface area contributed by atoms with Gasteiger partial charge in [0.05, 0.1) is 0 Å². The van der Waals surface area contributed by atoms with E-state index in [1.165, 1.54) is 51.6 Å². The first-order chi connectivity index (χ1) is 8.79. The molecule has 1 N–H and O–H groups in total. The molecule has 2 rings (SSSR count). The molecule has 0 aromatic carbocycles. The van der Waals surface area contributed by atoms with Crippen molar-refractivity contribution in [3.8, 4) is 0 Å². The second kappa shape index (κ2) is 7.46. The van der Waals surface area contributed by atoms with E-state index in [1.807, 2.05) is 0 Å². The molecule has 1 heterocycles. The Labute approximate surface area is 112 Å². The van der Waals surface area contributed by atoms with E-state index in [0.717, 1.165) is 31.2 Å².